The largest absolute Gasteiger partial charge is 0.490 e. The Morgan fingerprint density at radius 3 is 2.18 bits per heavy atom. The number of aliphatic carboxylic acids is 1. The van der Waals surface area contributed by atoms with E-state index in [1.54, 1.807) is 12.1 Å². The summed E-state index contributed by atoms with van der Waals surface area (Å²) in [5.41, 5.74) is 3.01. The topological polar surface area (TPSA) is 122 Å². The van der Waals surface area contributed by atoms with E-state index >= 15 is 0 Å². The van der Waals surface area contributed by atoms with Crippen molar-refractivity contribution in [3.05, 3.63) is 48.5 Å². The van der Waals surface area contributed by atoms with E-state index in [2.05, 4.69) is 5.48 Å². The van der Waals surface area contributed by atoms with Crippen LogP contribution in [-0.4, -0.2) is 43.3 Å². The third-order valence-corrected chi connectivity index (χ3v) is 7.54. The van der Waals surface area contributed by atoms with Crippen LogP contribution >= 0.6 is 0 Å². The Morgan fingerprint density at radius 1 is 0.882 bits per heavy atom. The first-order valence-corrected chi connectivity index (χ1v) is 12.7. The molecular weight excluding hydrogens is 458 g/mol. The lowest BCUT2D eigenvalue weighted by atomic mass is 9.86. The van der Waals surface area contributed by atoms with Gasteiger partial charge in [-0.3, -0.25) is 14.2 Å². The Morgan fingerprint density at radius 2 is 1.50 bits per heavy atom. The summed E-state index contributed by atoms with van der Waals surface area (Å²) in [7, 11) is -4.36. The average Bonchev–Trinajstić information content (AvgIpc) is 2.82. The van der Waals surface area contributed by atoms with Gasteiger partial charge in [-0.15, -0.1) is 0 Å². The molecule has 0 spiro atoms. The summed E-state index contributed by atoms with van der Waals surface area (Å²) in [4.78, 5) is 16.5. The van der Waals surface area contributed by atoms with Crippen LogP contribution in [0.4, 0.5) is 0 Å². The molecule has 178 valence electrons. The molecule has 0 amide bonds. The lowest BCUT2D eigenvalue weighted by molar-refractivity contribution is -0.143. The van der Waals surface area contributed by atoms with Crippen molar-refractivity contribution in [2.45, 2.75) is 36.6 Å². The highest BCUT2D eigenvalue weighted by Gasteiger charge is 2.26. The van der Waals surface area contributed by atoms with Crippen LogP contribution in [0.3, 0.4) is 0 Å². The predicted octanol–water partition coefficient (Wildman–Crippen LogP) is 4.37. The number of benzene rings is 4. The SMILES string of the molecule is O=C(O)C1CCC(NOCCOc2ccc3ccc4ccc(S(=O)(=O)O)c5ccc2c3c45)CC1. The monoisotopic (exact) mass is 483 g/mol. The number of hydrogen-bond donors (Lipinski definition) is 3. The number of hydrogen-bond acceptors (Lipinski definition) is 6. The van der Waals surface area contributed by atoms with Crippen molar-refractivity contribution in [2.75, 3.05) is 13.2 Å². The third kappa shape index (κ3) is 4.27. The van der Waals surface area contributed by atoms with Crippen LogP contribution < -0.4 is 10.2 Å². The summed E-state index contributed by atoms with van der Waals surface area (Å²) in [6.07, 6.45) is 2.82. The Labute approximate surface area is 196 Å². The summed E-state index contributed by atoms with van der Waals surface area (Å²) in [5.74, 6) is -0.329. The van der Waals surface area contributed by atoms with E-state index in [9.17, 15) is 17.8 Å². The minimum absolute atomic E-state index is 0.113. The molecule has 0 radical (unpaired) electrons. The first-order chi connectivity index (χ1) is 16.3. The van der Waals surface area contributed by atoms with Gasteiger partial charge >= 0.3 is 5.97 Å². The molecule has 4 aromatic rings. The van der Waals surface area contributed by atoms with Crippen molar-refractivity contribution < 1.29 is 32.4 Å². The highest BCUT2D eigenvalue weighted by atomic mass is 32.2. The number of hydroxylamine groups is 1. The van der Waals surface area contributed by atoms with Gasteiger partial charge in [0.25, 0.3) is 10.1 Å². The van der Waals surface area contributed by atoms with Gasteiger partial charge in [0, 0.05) is 22.2 Å². The predicted molar refractivity (Wildman–Crippen MR) is 128 cm³/mol. The minimum atomic E-state index is -4.36. The maximum atomic E-state index is 11.9. The van der Waals surface area contributed by atoms with Crippen molar-refractivity contribution in [1.82, 2.24) is 5.48 Å². The van der Waals surface area contributed by atoms with Crippen molar-refractivity contribution in [2.24, 2.45) is 5.92 Å². The fraction of sp³-hybridized carbons (Fsp3) is 0.320. The van der Waals surface area contributed by atoms with Gasteiger partial charge in [-0.05, 0) is 60.0 Å². The smallest absolute Gasteiger partial charge is 0.306 e. The van der Waals surface area contributed by atoms with Gasteiger partial charge < -0.3 is 9.84 Å². The molecule has 8 nitrogen and oxygen atoms in total. The van der Waals surface area contributed by atoms with E-state index in [1.165, 1.54) is 6.07 Å². The molecule has 0 aromatic heterocycles. The van der Waals surface area contributed by atoms with Crippen molar-refractivity contribution in [3.8, 4) is 5.75 Å². The molecule has 0 heterocycles. The number of carboxylic acids is 1. The second-order valence-electron chi connectivity index (χ2n) is 8.73. The van der Waals surface area contributed by atoms with E-state index in [-0.39, 0.29) is 16.9 Å². The summed E-state index contributed by atoms with van der Waals surface area (Å²) in [5, 5.41) is 13.9. The van der Waals surface area contributed by atoms with Crippen LogP contribution in [0, 0.1) is 5.92 Å². The lowest BCUT2D eigenvalue weighted by Crippen LogP contribution is -2.35. The third-order valence-electron chi connectivity index (χ3n) is 6.63. The first kappa shape index (κ1) is 22.8. The molecule has 1 aliphatic carbocycles. The summed E-state index contributed by atoms with van der Waals surface area (Å²) in [6.45, 7) is 0.617. The van der Waals surface area contributed by atoms with Gasteiger partial charge in [0.2, 0.25) is 0 Å². The normalized spacial score (nSPS) is 19.2. The average molecular weight is 484 g/mol. The maximum Gasteiger partial charge on any atom is 0.306 e. The number of nitrogens with one attached hydrogen (secondary N) is 1. The standard InChI is InChI=1S/C25H25NO7S/c27-25(28)17-3-7-18(8-4-17)26-33-14-13-32-21-11-5-15-1-2-16-6-12-22(34(29,30)31)20-10-9-19(21)23(15)24(16)20/h1-2,5-6,9-12,17-18,26H,3-4,7-8,13-14H2,(H,27,28)(H,29,30,31). The van der Waals surface area contributed by atoms with Crippen LogP contribution in [0.5, 0.6) is 5.75 Å². The van der Waals surface area contributed by atoms with E-state index in [1.807, 2.05) is 30.3 Å². The van der Waals surface area contributed by atoms with Crippen molar-refractivity contribution in [3.63, 3.8) is 0 Å². The number of ether oxygens (including phenoxy) is 1. The quantitative estimate of drug-likeness (QED) is 0.146. The summed E-state index contributed by atoms with van der Waals surface area (Å²) < 4.78 is 39.4. The van der Waals surface area contributed by atoms with Crippen LogP contribution in [-0.2, 0) is 19.8 Å². The van der Waals surface area contributed by atoms with Gasteiger partial charge in [0.15, 0.2) is 0 Å². The molecule has 1 saturated carbocycles. The first-order valence-electron chi connectivity index (χ1n) is 11.2. The molecule has 0 bridgehead atoms. The molecule has 1 fully saturated rings. The highest BCUT2D eigenvalue weighted by Crippen LogP contribution is 2.40. The van der Waals surface area contributed by atoms with Crippen molar-refractivity contribution >= 4 is 48.4 Å². The second kappa shape index (κ2) is 8.99. The molecule has 0 aliphatic heterocycles. The molecule has 9 heteroatoms. The van der Waals surface area contributed by atoms with Crippen LogP contribution in [0.25, 0.3) is 32.3 Å². The van der Waals surface area contributed by atoms with Gasteiger partial charge in [-0.2, -0.15) is 13.9 Å². The molecule has 0 saturated heterocycles. The summed E-state index contributed by atoms with van der Waals surface area (Å²) >= 11 is 0. The molecule has 3 N–H and O–H groups in total. The maximum absolute atomic E-state index is 11.9. The fourth-order valence-electron chi connectivity index (χ4n) is 4.93. The molecule has 0 unspecified atom stereocenters. The van der Waals surface area contributed by atoms with Gasteiger partial charge in [0.1, 0.15) is 23.9 Å². The zero-order valence-electron chi connectivity index (χ0n) is 18.4. The molecule has 1 aliphatic rings. The molecule has 34 heavy (non-hydrogen) atoms. The lowest BCUT2D eigenvalue weighted by Gasteiger charge is -2.26. The van der Waals surface area contributed by atoms with Gasteiger partial charge in [0.05, 0.1) is 5.92 Å². The highest BCUT2D eigenvalue weighted by molar-refractivity contribution is 7.86. The fourth-order valence-corrected chi connectivity index (χ4v) is 5.61. The number of carboxylic acid groups (broad SMARTS) is 1. The Hall–Kier alpha value is -2.98. The zero-order valence-corrected chi connectivity index (χ0v) is 19.2. The Bertz CT molecular complexity index is 1460. The van der Waals surface area contributed by atoms with Crippen LogP contribution in [0.1, 0.15) is 25.7 Å². The van der Waals surface area contributed by atoms with Crippen molar-refractivity contribution in [1.29, 1.82) is 0 Å². The van der Waals surface area contributed by atoms with Crippen LogP contribution in [0.15, 0.2) is 53.4 Å². The van der Waals surface area contributed by atoms with Gasteiger partial charge in [-0.25, -0.2) is 0 Å². The van der Waals surface area contributed by atoms with Crippen LogP contribution in [0.2, 0.25) is 0 Å². The molecular formula is C25H25NO7S. The Balaban J connectivity index is 1.31. The number of carbonyl (C=O) groups is 1. The zero-order chi connectivity index (χ0) is 23.9. The second-order valence-corrected chi connectivity index (χ2v) is 10.1. The van der Waals surface area contributed by atoms with E-state index < -0.39 is 16.1 Å². The number of rotatable bonds is 8. The van der Waals surface area contributed by atoms with Gasteiger partial charge in [-0.1, -0.05) is 30.3 Å². The van der Waals surface area contributed by atoms with E-state index in [4.69, 9.17) is 14.7 Å². The molecule has 0 atom stereocenters. The molecule has 4 aromatic carbocycles. The minimum Gasteiger partial charge on any atom is -0.490 e. The summed E-state index contributed by atoms with van der Waals surface area (Å²) in [6, 6.07) is 14.5. The van der Waals surface area contributed by atoms with E-state index in [0.29, 0.717) is 37.2 Å². The Kier molecular flexibility index (Phi) is 6.03. The van der Waals surface area contributed by atoms with E-state index in [0.717, 1.165) is 39.8 Å². The molecule has 5 rings (SSSR count).